The molecule has 33 heteroatoms. The van der Waals surface area contributed by atoms with Crippen molar-refractivity contribution >= 4 is 88.3 Å². The summed E-state index contributed by atoms with van der Waals surface area (Å²) in [5, 5.41) is 14.8. The number of primary amides is 1. The molecule has 8 rings (SSSR count). The number of nitrogens with one attached hydrogen (secondary N) is 5. The van der Waals surface area contributed by atoms with Crippen LogP contribution in [0.1, 0.15) is 261 Å². The average molecular weight is 2040 g/mol. The lowest BCUT2D eigenvalue weighted by molar-refractivity contribution is -0.149. The molecule has 4 fully saturated rings. The van der Waals surface area contributed by atoms with Crippen molar-refractivity contribution in [3.05, 3.63) is 114 Å². The van der Waals surface area contributed by atoms with E-state index in [9.17, 15) is 67.1 Å². The van der Waals surface area contributed by atoms with Gasteiger partial charge in [-0.05, 0) is 208 Å². The number of urea groups is 1. The number of ketones is 3. The molecule has 3 aromatic rings. The molecule has 0 aliphatic carbocycles. The van der Waals surface area contributed by atoms with E-state index in [-0.39, 0.29) is 175 Å². The molecule has 5 aliphatic heterocycles. The minimum Gasteiger partial charge on any atom is -0.445 e. The number of imide groups is 1. The molecule has 9 N–H and O–H groups in total. The van der Waals surface area contributed by atoms with Crippen LogP contribution in [0.2, 0.25) is 0 Å². The highest BCUT2D eigenvalue weighted by Crippen LogP contribution is 2.39. The Bertz CT molecular complexity index is 4680. The Hall–Kier alpha value is -9.90. The number of carbonyl (C=O) groups excluding carboxylic acids is 14. The molecule has 5 heterocycles. The fourth-order valence-corrected chi connectivity index (χ4v) is 22.2. The summed E-state index contributed by atoms with van der Waals surface area (Å²) in [6, 6.07) is 24.1. The minimum atomic E-state index is -0.667. The quantitative estimate of drug-likeness (QED) is 0.0204. The largest absolute Gasteiger partial charge is 0.445 e. The third kappa shape index (κ3) is 35.7. The molecule has 0 spiro atoms. The zero-order valence-electron chi connectivity index (χ0n) is 91.9. The van der Waals surface area contributed by atoms with Gasteiger partial charge in [-0.2, -0.15) is 0 Å². The standard InChI is InChI=1S/C72H111N9O13.C41H69N5O6/c1-47(2)56(43-61(83)72(8)36-22-38-78(72)9)69(89)79(10)66(49(5)6)60(92-11)44-65(87)80-40-21-26-58(80)67(93-12)50(7)59(82)42-53(41-51-23-15-13-16-24-51)45-75-71(91)94-46-52-28-31-55(32-29-52)76-68(88)54(25-18-19-37-74-70(73)90)30-33-57(48(3)4)77-62(84)27-17-14-20-39-81-63(85)34-35-64(81)86;1-11-28(4)37(45(8)40(50)32(27(2)3)24-35(47)41(6)20-16-21-44(41)7)34(51-9)25-36(48)46-22-15-19-33(46)38(52-10)29(5)39(49)43-31(26-42)23-30-17-13-12-14-18-30/h13,15-16,23-24,28-29,31-32,34-35,47-50,53-54,56-58,60,66-67H,14,17-22,25-27,30,33,36-46H2,1-12H3,(H,75,91)(H,76,88)(H,77,84)(H3,73,74,90);12-14,17-18,27-29,31-34,37-38H,11,15-16,19-26,42H2,1-10H3,(H,43,49)/t50-,53+,54+,56-,57+,58-,60+,66-,67+,72-;28-,29+,31-,32-,33-,34+,37-,38+,41-/m00/s1. The Labute approximate surface area is 870 Å². The van der Waals surface area contributed by atoms with Crippen molar-refractivity contribution in [2.45, 2.75) is 336 Å². The summed E-state index contributed by atoms with van der Waals surface area (Å²) in [6.07, 6.45) is 13.2. The number of unbranched alkanes of at least 4 members (excludes halogenated alkanes) is 3. The number of nitrogens with two attached hydrogens (primary N) is 2. The van der Waals surface area contributed by atoms with Gasteiger partial charge in [-0.1, -0.05) is 175 Å². The summed E-state index contributed by atoms with van der Waals surface area (Å²) in [4.78, 5) is 201. The van der Waals surface area contributed by atoms with Gasteiger partial charge in [-0.25, -0.2) is 9.59 Å². The van der Waals surface area contributed by atoms with E-state index in [2.05, 4.69) is 50.2 Å². The van der Waals surface area contributed by atoms with Crippen molar-refractivity contribution in [1.29, 1.82) is 0 Å². The van der Waals surface area contributed by atoms with Crippen LogP contribution in [-0.4, -0.2) is 298 Å². The summed E-state index contributed by atoms with van der Waals surface area (Å²) in [5.41, 5.74) is 13.5. The highest BCUT2D eigenvalue weighted by atomic mass is 16.5. The van der Waals surface area contributed by atoms with E-state index in [0.717, 1.165) is 69.2 Å². The molecular formula is C113H180N14O19. The second kappa shape index (κ2) is 60.7. The predicted octanol–water partition coefficient (Wildman–Crippen LogP) is 13.1. The lowest BCUT2D eigenvalue weighted by atomic mass is 9.81. The van der Waals surface area contributed by atoms with Crippen LogP contribution in [0.3, 0.4) is 0 Å². The average Bonchev–Trinajstić information content (AvgIpc) is 1.34. The lowest BCUT2D eigenvalue weighted by Crippen LogP contribution is -2.55. The number of carbonyl (C=O) groups is 14. The van der Waals surface area contributed by atoms with Crippen LogP contribution in [0.5, 0.6) is 0 Å². The Balaban J connectivity index is 0.000000467. The van der Waals surface area contributed by atoms with Gasteiger partial charge in [0.1, 0.15) is 12.4 Å². The first-order valence-electron chi connectivity index (χ1n) is 53.8. The number of rotatable bonds is 61. The normalized spacial score (nSPS) is 20.7. The highest BCUT2D eigenvalue weighted by Gasteiger charge is 2.50. The van der Waals surface area contributed by atoms with Crippen molar-refractivity contribution in [1.82, 2.24) is 55.6 Å². The molecular weight excluding hydrogens is 1860 g/mol. The summed E-state index contributed by atoms with van der Waals surface area (Å²) in [5.74, 6) is -4.46. The molecule has 0 bridgehead atoms. The van der Waals surface area contributed by atoms with Crippen molar-refractivity contribution < 1.29 is 90.8 Å². The summed E-state index contributed by atoms with van der Waals surface area (Å²) >= 11 is 0. The Morgan fingerprint density at radius 1 is 0.521 bits per heavy atom. The number of hydrogen-bond acceptors (Lipinski definition) is 22. The monoisotopic (exact) mass is 2040 g/mol. The number of Topliss-reactive ketones (excluding diaryl/α,β-unsaturated/α-hetero) is 3. The molecule has 0 saturated carbocycles. The predicted molar refractivity (Wildman–Crippen MR) is 567 cm³/mol. The molecule has 146 heavy (non-hydrogen) atoms. The third-order valence-electron chi connectivity index (χ3n) is 32.1. The van der Waals surface area contributed by atoms with Crippen LogP contribution in [0, 0.1) is 65.1 Å². The molecule has 5 aliphatic rings. The number of hydrogen-bond donors (Lipinski definition) is 7. The minimum absolute atomic E-state index is 0.000469. The fourth-order valence-electron chi connectivity index (χ4n) is 22.2. The molecule has 12 amide bonds. The Morgan fingerprint density at radius 2 is 1.03 bits per heavy atom. The molecule has 0 unspecified atom stereocenters. The van der Waals surface area contributed by atoms with E-state index < -0.39 is 89.3 Å². The molecule has 3 aromatic carbocycles. The van der Waals surface area contributed by atoms with Gasteiger partial charge in [-0.15, -0.1) is 0 Å². The second-order valence-electron chi connectivity index (χ2n) is 43.5. The van der Waals surface area contributed by atoms with Crippen molar-refractivity contribution in [3.8, 4) is 0 Å². The summed E-state index contributed by atoms with van der Waals surface area (Å²) in [6.45, 7) is 31.6. The molecule has 0 radical (unpaired) electrons. The van der Waals surface area contributed by atoms with Crippen molar-refractivity contribution in [2.75, 3.05) is 114 Å². The third-order valence-corrected chi connectivity index (χ3v) is 32.1. The van der Waals surface area contributed by atoms with Gasteiger partial charge < -0.3 is 81.3 Å². The van der Waals surface area contributed by atoms with Crippen LogP contribution >= 0.6 is 0 Å². The maximum atomic E-state index is 14.6. The number of nitrogens with zero attached hydrogens (tertiary/aromatic N) is 7. The van der Waals surface area contributed by atoms with E-state index in [1.54, 1.807) is 76.6 Å². The number of alkyl carbamates (subject to hydrolysis) is 1. The van der Waals surface area contributed by atoms with Crippen molar-refractivity contribution in [2.24, 2.45) is 76.6 Å². The zero-order valence-corrected chi connectivity index (χ0v) is 91.9. The Kier molecular flexibility index (Phi) is 51.1. The van der Waals surface area contributed by atoms with Crippen LogP contribution in [0.15, 0.2) is 97.1 Å². The zero-order chi connectivity index (χ0) is 108. The van der Waals surface area contributed by atoms with Gasteiger partial charge in [-0.3, -0.25) is 72.2 Å². The number of likely N-dealkylation sites (N-methyl/N-ethyl adjacent to an activating group) is 4. The topological polar surface area (TPSA) is 420 Å². The number of benzene rings is 3. The Morgan fingerprint density at radius 3 is 1.49 bits per heavy atom. The van der Waals surface area contributed by atoms with Gasteiger partial charge in [0.25, 0.3) is 11.8 Å². The smallest absolute Gasteiger partial charge is 0.407 e. The van der Waals surface area contributed by atoms with E-state index >= 15 is 0 Å². The second-order valence-corrected chi connectivity index (χ2v) is 43.5. The van der Waals surface area contributed by atoms with Crippen LogP contribution in [0.25, 0.3) is 0 Å². The number of ether oxygens (including phenoxy) is 5. The maximum Gasteiger partial charge on any atom is 0.407 e. The fraction of sp³-hybridized carbons (Fsp3) is 0.699. The SMILES string of the molecule is CC[C@H](C)[C@@H]([C@@H](CC(=O)N1CCC[C@H]1[C@H](OC)[C@@H](C)C(=O)N[C@H](CN)Cc1ccccc1)OC)N(C)C(=O)[C@@H](CC(=O)[C@]1(C)CCCN1C)C(C)C.CO[C@H]([C@@H](C)C(=O)C[C@H](CNC(=O)OCc1ccc(NC(=O)[C@H](CCCCNC(N)=O)CC[C@@H](NC(=O)CCCCCN2C(=O)C=CC2=O)C(C)C)cc1)Cc1ccccc1)[C@@H]1CCCN1C(=O)C[C@@H](OC)[C@H](C(C)C)N(C)C(=O)[C@@H](CC(=O)[C@]1(C)CCCN1C)C(C)C. The maximum absolute atomic E-state index is 14.6. The number of amides is 12. The molecule has 19 atom stereocenters. The van der Waals surface area contributed by atoms with Gasteiger partial charge in [0, 0.05) is 161 Å². The molecule has 816 valence electrons. The van der Waals surface area contributed by atoms with Gasteiger partial charge in [0.2, 0.25) is 41.4 Å². The number of methoxy groups -OCH3 is 4. The van der Waals surface area contributed by atoms with Gasteiger partial charge in [0.15, 0.2) is 11.6 Å². The first-order valence-corrected chi connectivity index (χ1v) is 53.8. The number of likely N-dealkylation sites (tertiary alicyclic amines) is 4. The van der Waals surface area contributed by atoms with Crippen molar-refractivity contribution in [3.63, 3.8) is 0 Å². The lowest BCUT2D eigenvalue weighted by Gasteiger charge is -2.41. The molecule has 33 nitrogen and oxygen atoms in total. The van der Waals surface area contributed by atoms with E-state index in [4.69, 9.17) is 35.2 Å². The van der Waals surface area contributed by atoms with E-state index in [1.165, 1.54) is 17.1 Å². The first-order chi connectivity index (χ1) is 69.3. The van der Waals surface area contributed by atoms with Crippen LogP contribution < -0.4 is 38.1 Å². The van der Waals surface area contributed by atoms with E-state index in [0.29, 0.717) is 127 Å². The van der Waals surface area contributed by atoms with Gasteiger partial charge >= 0.3 is 12.1 Å². The van der Waals surface area contributed by atoms with Crippen LogP contribution in [0.4, 0.5) is 15.3 Å². The molecule has 0 aromatic heterocycles. The highest BCUT2D eigenvalue weighted by molar-refractivity contribution is 6.13. The summed E-state index contributed by atoms with van der Waals surface area (Å²) < 4.78 is 29.9. The number of anilines is 1. The molecule has 4 saturated heterocycles. The van der Waals surface area contributed by atoms with Gasteiger partial charge in [0.05, 0.1) is 78.4 Å². The van der Waals surface area contributed by atoms with E-state index in [1.807, 2.05) is 168 Å². The summed E-state index contributed by atoms with van der Waals surface area (Å²) in [7, 11) is 13.8. The van der Waals surface area contributed by atoms with Crippen LogP contribution in [-0.2, 0) is 101 Å². The first kappa shape index (κ1) is 123.